The molecule has 1 aliphatic heterocycles. The molecule has 7 nitrogen and oxygen atoms in total. The maximum Gasteiger partial charge on any atom is 0.433 e. The molecule has 0 spiro atoms. The topological polar surface area (TPSA) is 82.3 Å². The first-order chi connectivity index (χ1) is 14.3. The molecule has 0 aliphatic carbocycles. The number of methoxy groups -OCH3 is 1. The number of nitrogens with zero attached hydrogens (tertiary/aromatic N) is 5. The van der Waals surface area contributed by atoms with Crippen LogP contribution in [-0.4, -0.2) is 35.7 Å². The average molecular weight is 413 g/mol. The first kappa shape index (κ1) is 19.4. The van der Waals surface area contributed by atoms with E-state index in [9.17, 15) is 23.2 Å². The minimum atomic E-state index is -4.70. The van der Waals surface area contributed by atoms with Crippen LogP contribution >= 0.6 is 0 Å². The summed E-state index contributed by atoms with van der Waals surface area (Å²) in [4.78, 5) is 23.2. The summed E-state index contributed by atoms with van der Waals surface area (Å²) in [7, 11) is 1.27. The van der Waals surface area contributed by atoms with Gasteiger partial charge in [0.15, 0.2) is 11.6 Å². The number of benzene rings is 1. The quantitative estimate of drug-likeness (QED) is 0.648. The van der Waals surface area contributed by atoms with Gasteiger partial charge in [-0.15, -0.1) is 0 Å². The monoisotopic (exact) mass is 413 g/mol. The Balaban J connectivity index is 1.82. The predicted molar refractivity (Wildman–Crippen MR) is 102 cm³/mol. The van der Waals surface area contributed by atoms with Crippen molar-refractivity contribution in [3.8, 4) is 11.8 Å². The van der Waals surface area contributed by atoms with Gasteiger partial charge in [-0.3, -0.25) is 14.8 Å². The van der Waals surface area contributed by atoms with E-state index in [1.165, 1.54) is 18.2 Å². The van der Waals surface area contributed by atoms with Crippen LogP contribution in [0, 0.1) is 11.3 Å². The number of rotatable bonds is 3. The van der Waals surface area contributed by atoms with Crippen molar-refractivity contribution in [3.05, 3.63) is 54.5 Å². The SMILES string of the molecule is COc1ccc(C(F)(F)F)nc1N1C[C@H](C#N)N(c2cncc3ccccc23)C1=O. The van der Waals surface area contributed by atoms with Crippen molar-refractivity contribution >= 4 is 28.3 Å². The fraction of sp³-hybridized carbons (Fsp3) is 0.200. The Morgan fingerprint density at radius 1 is 1.20 bits per heavy atom. The highest BCUT2D eigenvalue weighted by atomic mass is 19.4. The predicted octanol–water partition coefficient (Wildman–Crippen LogP) is 4.00. The number of nitriles is 1. The second-order valence-electron chi connectivity index (χ2n) is 6.51. The third-order valence-corrected chi connectivity index (χ3v) is 4.77. The van der Waals surface area contributed by atoms with Crippen LogP contribution in [0.1, 0.15) is 5.69 Å². The van der Waals surface area contributed by atoms with E-state index in [0.717, 1.165) is 22.4 Å². The first-order valence-electron chi connectivity index (χ1n) is 8.80. The number of hydrogen-bond acceptors (Lipinski definition) is 5. The summed E-state index contributed by atoms with van der Waals surface area (Å²) in [5.41, 5.74) is -0.775. The summed E-state index contributed by atoms with van der Waals surface area (Å²) in [5.74, 6) is -0.306. The van der Waals surface area contributed by atoms with Crippen LogP contribution in [0.5, 0.6) is 5.75 Å². The smallest absolute Gasteiger partial charge is 0.433 e. The standard InChI is InChI=1S/C20H14F3N5O2/c1-30-16-6-7-17(20(21,22)23)26-18(16)27-11-13(8-24)28(19(27)29)15-10-25-9-12-4-2-3-5-14(12)15/h2-7,9-10,13H,11H2,1H3/t13-/m0/s1. The molecule has 152 valence electrons. The second-order valence-corrected chi connectivity index (χ2v) is 6.51. The van der Waals surface area contributed by atoms with Gasteiger partial charge in [-0.2, -0.15) is 18.4 Å². The summed E-state index contributed by atoms with van der Waals surface area (Å²) in [6.45, 7) is -0.177. The van der Waals surface area contributed by atoms with Gasteiger partial charge in [0.05, 0.1) is 31.6 Å². The molecule has 1 atom stereocenters. The number of ether oxygens (including phenoxy) is 1. The van der Waals surface area contributed by atoms with Gasteiger partial charge in [-0.05, 0) is 12.1 Å². The molecule has 1 saturated heterocycles. The summed E-state index contributed by atoms with van der Waals surface area (Å²) >= 11 is 0. The van der Waals surface area contributed by atoms with Crippen LogP contribution in [0.2, 0.25) is 0 Å². The molecule has 1 aliphatic rings. The number of carbonyl (C=O) groups excluding carboxylic acids is 1. The lowest BCUT2D eigenvalue weighted by atomic mass is 10.1. The van der Waals surface area contributed by atoms with E-state index in [2.05, 4.69) is 9.97 Å². The second kappa shape index (κ2) is 7.18. The fourth-order valence-corrected chi connectivity index (χ4v) is 3.38. The molecule has 1 fully saturated rings. The van der Waals surface area contributed by atoms with E-state index in [0.29, 0.717) is 11.1 Å². The number of anilines is 2. The Bertz CT molecular complexity index is 1170. The van der Waals surface area contributed by atoms with Crippen molar-refractivity contribution in [1.29, 1.82) is 5.26 Å². The van der Waals surface area contributed by atoms with Crippen molar-refractivity contribution in [2.24, 2.45) is 0 Å². The number of carbonyl (C=O) groups is 1. The van der Waals surface area contributed by atoms with Gasteiger partial charge in [-0.25, -0.2) is 9.78 Å². The Kier molecular flexibility index (Phi) is 4.66. The van der Waals surface area contributed by atoms with Crippen LogP contribution in [0.3, 0.4) is 0 Å². The minimum absolute atomic E-state index is 0.00839. The van der Waals surface area contributed by atoms with Crippen molar-refractivity contribution in [3.63, 3.8) is 0 Å². The molecule has 30 heavy (non-hydrogen) atoms. The third-order valence-electron chi connectivity index (χ3n) is 4.77. The van der Waals surface area contributed by atoms with Gasteiger partial charge < -0.3 is 4.74 Å². The number of alkyl halides is 3. The highest BCUT2D eigenvalue weighted by Gasteiger charge is 2.43. The summed E-state index contributed by atoms with van der Waals surface area (Å²) in [5, 5.41) is 11.1. The summed E-state index contributed by atoms with van der Waals surface area (Å²) in [6, 6.07) is 9.44. The van der Waals surface area contributed by atoms with Crippen LogP contribution in [-0.2, 0) is 6.18 Å². The molecular formula is C20H14F3N5O2. The fourth-order valence-electron chi connectivity index (χ4n) is 3.38. The third kappa shape index (κ3) is 3.14. The number of amides is 2. The normalized spacial score (nSPS) is 16.8. The molecule has 0 radical (unpaired) electrons. The van der Waals surface area contributed by atoms with Gasteiger partial charge in [0.25, 0.3) is 0 Å². The molecule has 2 amide bonds. The molecular weight excluding hydrogens is 399 g/mol. The molecule has 0 N–H and O–H groups in total. The molecule has 3 heterocycles. The van der Waals surface area contributed by atoms with Gasteiger partial charge in [-0.1, -0.05) is 24.3 Å². The highest BCUT2D eigenvalue weighted by Crippen LogP contribution is 2.38. The summed E-state index contributed by atoms with van der Waals surface area (Å²) in [6.07, 6.45) is -1.63. The lowest BCUT2D eigenvalue weighted by molar-refractivity contribution is -0.141. The molecule has 1 aromatic carbocycles. The largest absolute Gasteiger partial charge is 0.493 e. The first-order valence-corrected chi connectivity index (χ1v) is 8.80. The zero-order chi connectivity index (χ0) is 21.5. The zero-order valence-corrected chi connectivity index (χ0v) is 15.6. The number of pyridine rings is 2. The zero-order valence-electron chi connectivity index (χ0n) is 15.6. The van der Waals surface area contributed by atoms with Gasteiger partial charge >= 0.3 is 12.2 Å². The molecule has 2 aromatic heterocycles. The Hall–Kier alpha value is -3.87. The van der Waals surface area contributed by atoms with Crippen LogP contribution in [0.15, 0.2) is 48.8 Å². The van der Waals surface area contributed by atoms with E-state index in [4.69, 9.17) is 4.74 Å². The lowest BCUT2D eigenvalue weighted by Gasteiger charge is -2.21. The van der Waals surface area contributed by atoms with E-state index in [1.807, 2.05) is 18.2 Å². The minimum Gasteiger partial charge on any atom is -0.493 e. The maximum absolute atomic E-state index is 13.2. The molecule has 0 saturated carbocycles. The number of urea groups is 1. The number of fused-ring (bicyclic) bond motifs is 1. The van der Waals surface area contributed by atoms with Crippen molar-refractivity contribution in [1.82, 2.24) is 9.97 Å². The Labute approximate surface area is 168 Å². The molecule has 0 bridgehead atoms. The molecule has 3 aromatic rings. The number of halogens is 3. The van der Waals surface area contributed by atoms with Crippen molar-refractivity contribution in [2.45, 2.75) is 12.2 Å². The Morgan fingerprint density at radius 3 is 2.67 bits per heavy atom. The molecule has 10 heteroatoms. The molecule has 4 rings (SSSR count). The summed E-state index contributed by atoms with van der Waals surface area (Å²) < 4.78 is 44.6. The van der Waals surface area contributed by atoms with Crippen molar-refractivity contribution in [2.75, 3.05) is 23.5 Å². The number of hydrogen-bond donors (Lipinski definition) is 0. The van der Waals surface area contributed by atoms with E-state index >= 15 is 0 Å². The van der Waals surface area contributed by atoms with E-state index in [-0.39, 0.29) is 18.1 Å². The van der Waals surface area contributed by atoms with Crippen LogP contribution < -0.4 is 14.5 Å². The van der Waals surface area contributed by atoms with Crippen molar-refractivity contribution < 1.29 is 22.7 Å². The maximum atomic E-state index is 13.2. The van der Waals surface area contributed by atoms with Gasteiger partial charge in [0.1, 0.15) is 11.7 Å². The van der Waals surface area contributed by atoms with Crippen LogP contribution in [0.25, 0.3) is 10.8 Å². The lowest BCUT2D eigenvalue weighted by Crippen LogP contribution is -2.35. The number of aromatic nitrogens is 2. The van der Waals surface area contributed by atoms with E-state index in [1.54, 1.807) is 18.3 Å². The van der Waals surface area contributed by atoms with Crippen LogP contribution in [0.4, 0.5) is 29.5 Å². The average Bonchev–Trinajstić information content (AvgIpc) is 3.08. The van der Waals surface area contributed by atoms with Gasteiger partial charge in [0.2, 0.25) is 0 Å². The highest BCUT2D eigenvalue weighted by molar-refractivity contribution is 6.11. The molecule has 0 unspecified atom stereocenters. The van der Waals surface area contributed by atoms with E-state index < -0.39 is 23.9 Å². The van der Waals surface area contributed by atoms with Gasteiger partial charge in [0, 0.05) is 17.0 Å². The Morgan fingerprint density at radius 2 is 1.97 bits per heavy atom.